The fourth-order valence-corrected chi connectivity index (χ4v) is 2.29. The predicted octanol–water partition coefficient (Wildman–Crippen LogP) is 3.65. The van der Waals surface area contributed by atoms with Crippen LogP contribution in [-0.4, -0.2) is 29.1 Å². The van der Waals surface area contributed by atoms with Gasteiger partial charge in [-0.3, -0.25) is 4.90 Å². The third-order valence-electron chi connectivity index (χ3n) is 3.45. The molecule has 0 saturated heterocycles. The van der Waals surface area contributed by atoms with E-state index in [0.29, 0.717) is 12.0 Å². The van der Waals surface area contributed by atoms with E-state index < -0.39 is 5.97 Å². The molecular weight excluding hydrogens is 250 g/mol. The van der Waals surface area contributed by atoms with Gasteiger partial charge in [0.15, 0.2) is 0 Å². The van der Waals surface area contributed by atoms with Crippen molar-refractivity contribution in [1.29, 1.82) is 0 Å². The molecule has 1 aromatic carbocycles. The van der Waals surface area contributed by atoms with Gasteiger partial charge in [0, 0.05) is 18.7 Å². The summed E-state index contributed by atoms with van der Waals surface area (Å²) in [6.45, 7) is 7.52. The minimum atomic E-state index is -0.915. The number of aliphatic carboxylic acids is 1. The van der Waals surface area contributed by atoms with E-state index in [4.69, 9.17) is 5.11 Å². The molecule has 1 aromatic rings. The third kappa shape index (κ3) is 5.57. The van der Waals surface area contributed by atoms with Crippen LogP contribution in [0.4, 0.5) is 0 Å². The topological polar surface area (TPSA) is 40.5 Å². The molecule has 0 spiro atoms. The van der Waals surface area contributed by atoms with E-state index in [-0.39, 0.29) is 0 Å². The quantitative estimate of drug-likeness (QED) is 0.772. The summed E-state index contributed by atoms with van der Waals surface area (Å²) in [5, 5.41) is 8.74. The molecule has 0 radical (unpaired) electrons. The summed E-state index contributed by atoms with van der Waals surface area (Å²) in [6.07, 6.45) is 4.01. The lowest BCUT2D eigenvalue weighted by Gasteiger charge is -2.26. The van der Waals surface area contributed by atoms with Crippen molar-refractivity contribution in [3.8, 4) is 0 Å². The van der Waals surface area contributed by atoms with E-state index in [1.165, 1.54) is 6.08 Å². The smallest absolute Gasteiger partial charge is 0.328 e. The van der Waals surface area contributed by atoms with Crippen molar-refractivity contribution in [2.24, 2.45) is 5.92 Å². The maximum absolute atomic E-state index is 10.6. The molecule has 3 nitrogen and oxygen atoms in total. The standard InChI is InChI=1S/C17H25NO2/c1-13(2)11-14(3)18(4)12-16-8-6-5-7-15(16)9-10-17(19)20/h5-10,13-14H,11-12H2,1-4H3,(H,19,20). The summed E-state index contributed by atoms with van der Waals surface area (Å²) >= 11 is 0. The lowest BCUT2D eigenvalue weighted by molar-refractivity contribution is -0.131. The monoisotopic (exact) mass is 275 g/mol. The van der Waals surface area contributed by atoms with Gasteiger partial charge in [-0.05, 0) is 43.5 Å². The molecule has 0 saturated carbocycles. The van der Waals surface area contributed by atoms with E-state index >= 15 is 0 Å². The Morgan fingerprint density at radius 1 is 1.30 bits per heavy atom. The van der Waals surface area contributed by atoms with Gasteiger partial charge in [-0.1, -0.05) is 38.1 Å². The van der Waals surface area contributed by atoms with E-state index in [2.05, 4.69) is 38.8 Å². The van der Waals surface area contributed by atoms with E-state index in [9.17, 15) is 4.79 Å². The zero-order chi connectivity index (χ0) is 15.1. The Labute approximate surface area is 121 Å². The molecule has 20 heavy (non-hydrogen) atoms. The minimum absolute atomic E-state index is 0.506. The van der Waals surface area contributed by atoms with Gasteiger partial charge in [0.2, 0.25) is 0 Å². The molecule has 1 N–H and O–H groups in total. The van der Waals surface area contributed by atoms with Gasteiger partial charge < -0.3 is 5.11 Å². The zero-order valence-electron chi connectivity index (χ0n) is 12.8. The summed E-state index contributed by atoms with van der Waals surface area (Å²) < 4.78 is 0. The van der Waals surface area contributed by atoms with Crippen molar-refractivity contribution in [2.75, 3.05) is 7.05 Å². The molecule has 1 unspecified atom stereocenters. The second kappa shape index (κ2) is 7.85. The number of nitrogens with zero attached hydrogens (tertiary/aromatic N) is 1. The third-order valence-corrected chi connectivity index (χ3v) is 3.45. The van der Waals surface area contributed by atoms with Crippen molar-refractivity contribution in [1.82, 2.24) is 4.90 Å². The number of rotatable bonds is 7. The first kappa shape index (κ1) is 16.4. The first-order valence-electron chi connectivity index (χ1n) is 7.09. The van der Waals surface area contributed by atoms with Crippen LogP contribution in [0.3, 0.4) is 0 Å². The Morgan fingerprint density at radius 2 is 1.95 bits per heavy atom. The lowest BCUT2D eigenvalue weighted by atomic mass is 10.0. The Hall–Kier alpha value is -1.61. The normalized spacial score (nSPS) is 13.3. The first-order valence-corrected chi connectivity index (χ1v) is 7.09. The zero-order valence-corrected chi connectivity index (χ0v) is 12.8. The lowest BCUT2D eigenvalue weighted by Crippen LogP contribution is -2.30. The molecule has 0 amide bonds. The van der Waals surface area contributed by atoms with Crippen LogP contribution in [0, 0.1) is 5.92 Å². The molecule has 0 aliphatic rings. The number of carboxylic acids is 1. The average molecular weight is 275 g/mol. The van der Waals surface area contributed by atoms with Crippen LogP contribution in [0.5, 0.6) is 0 Å². The molecule has 3 heteroatoms. The predicted molar refractivity (Wildman–Crippen MR) is 83.5 cm³/mol. The number of benzene rings is 1. The fourth-order valence-electron chi connectivity index (χ4n) is 2.29. The molecular formula is C17H25NO2. The Kier molecular flexibility index (Phi) is 6.46. The van der Waals surface area contributed by atoms with Gasteiger partial charge in [0.25, 0.3) is 0 Å². The molecule has 0 heterocycles. The molecule has 0 aliphatic heterocycles. The molecule has 0 fully saturated rings. The van der Waals surface area contributed by atoms with Crippen LogP contribution < -0.4 is 0 Å². The highest BCUT2D eigenvalue weighted by molar-refractivity contribution is 5.85. The highest BCUT2D eigenvalue weighted by Gasteiger charge is 2.12. The van der Waals surface area contributed by atoms with Crippen LogP contribution in [-0.2, 0) is 11.3 Å². The number of hydrogen-bond donors (Lipinski definition) is 1. The van der Waals surface area contributed by atoms with Gasteiger partial charge in [0.05, 0.1) is 0 Å². The first-order chi connectivity index (χ1) is 9.40. The second-order valence-corrected chi connectivity index (χ2v) is 5.76. The minimum Gasteiger partial charge on any atom is -0.478 e. The molecule has 0 aliphatic carbocycles. The summed E-state index contributed by atoms with van der Waals surface area (Å²) in [6, 6.07) is 8.44. The summed E-state index contributed by atoms with van der Waals surface area (Å²) in [7, 11) is 2.12. The number of carbonyl (C=O) groups is 1. The van der Waals surface area contributed by atoms with Gasteiger partial charge in [-0.15, -0.1) is 0 Å². The summed E-state index contributed by atoms with van der Waals surface area (Å²) in [5.41, 5.74) is 2.13. The number of hydrogen-bond acceptors (Lipinski definition) is 2. The Morgan fingerprint density at radius 3 is 2.55 bits per heavy atom. The van der Waals surface area contributed by atoms with Crippen LogP contribution in [0.2, 0.25) is 0 Å². The summed E-state index contributed by atoms with van der Waals surface area (Å²) in [4.78, 5) is 13.0. The SMILES string of the molecule is CC(C)CC(C)N(C)Cc1ccccc1C=CC(=O)O. The summed E-state index contributed by atoms with van der Waals surface area (Å²) in [5.74, 6) is -0.240. The molecule has 0 aromatic heterocycles. The highest BCUT2D eigenvalue weighted by Crippen LogP contribution is 2.16. The van der Waals surface area contributed by atoms with E-state index in [1.54, 1.807) is 6.08 Å². The fraction of sp³-hybridized carbons (Fsp3) is 0.471. The molecule has 110 valence electrons. The van der Waals surface area contributed by atoms with Crippen LogP contribution in [0.1, 0.15) is 38.3 Å². The highest BCUT2D eigenvalue weighted by atomic mass is 16.4. The molecule has 0 bridgehead atoms. The van der Waals surface area contributed by atoms with Gasteiger partial charge in [-0.25, -0.2) is 4.79 Å². The van der Waals surface area contributed by atoms with E-state index in [1.807, 2.05) is 18.2 Å². The number of carboxylic acid groups (broad SMARTS) is 1. The van der Waals surface area contributed by atoms with Crippen LogP contribution >= 0.6 is 0 Å². The maximum atomic E-state index is 10.6. The second-order valence-electron chi connectivity index (χ2n) is 5.76. The van der Waals surface area contributed by atoms with Crippen LogP contribution in [0.15, 0.2) is 30.3 Å². The Balaban J connectivity index is 2.79. The van der Waals surface area contributed by atoms with E-state index in [0.717, 1.165) is 24.1 Å². The van der Waals surface area contributed by atoms with Crippen molar-refractivity contribution < 1.29 is 9.90 Å². The van der Waals surface area contributed by atoms with Crippen molar-refractivity contribution in [3.05, 3.63) is 41.5 Å². The van der Waals surface area contributed by atoms with Crippen molar-refractivity contribution in [2.45, 2.75) is 39.8 Å². The molecule has 1 rings (SSSR count). The van der Waals surface area contributed by atoms with Crippen molar-refractivity contribution >= 4 is 12.0 Å². The largest absolute Gasteiger partial charge is 0.478 e. The van der Waals surface area contributed by atoms with Gasteiger partial charge in [-0.2, -0.15) is 0 Å². The maximum Gasteiger partial charge on any atom is 0.328 e. The Bertz CT molecular complexity index is 466. The van der Waals surface area contributed by atoms with Gasteiger partial charge in [0.1, 0.15) is 0 Å². The van der Waals surface area contributed by atoms with Crippen molar-refractivity contribution in [3.63, 3.8) is 0 Å². The average Bonchev–Trinajstić information content (AvgIpc) is 2.36. The van der Waals surface area contributed by atoms with Gasteiger partial charge >= 0.3 is 5.97 Å². The molecule has 1 atom stereocenters. The van der Waals surface area contributed by atoms with Crippen LogP contribution in [0.25, 0.3) is 6.08 Å².